The molecule has 0 fully saturated rings. The Labute approximate surface area is 225 Å². The van der Waals surface area contributed by atoms with Crippen molar-refractivity contribution in [1.29, 1.82) is 0 Å². The quantitative estimate of drug-likeness (QED) is 0.375. The molecule has 0 radical (unpaired) electrons. The molecule has 38 heavy (non-hydrogen) atoms. The Hall–Kier alpha value is -3.85. The summed E-state index contributed by atoms with van der Waals surface area (Å²) in [6.45, 7) is 5.77. The van der Waals surface area contributed by atoms with E-state index in [2.05, 4.69) is 5.32 Å². The number of carbonyl (C=O) groups excluding carboxylic acids is 2. The molecule has 0 heterocycles. The van der Waals surface area contributed by atoms with Crippen LogP contribution in [0.25, 0.3) is 0 Å². The van der Waals surface area contributed by atoms with Gasteiger partial charge >= 0.3 is 0 Å². The molecule has 8 nitrogen and oxygen atoms in total. The highest BCUT2D eigenvalue weighted by Gasteiger charge is 2.33. The van der Waals surface area contributed by atoms with Crippen molar-refractivity contribution in [2.24, 2.45) is 0 Å². The summed E-state index contributed by atoms with van der Waals surface area (Å²) in [4.78, 5) is 28.2. The fraction of sp³-hybridized carbons (Fsp3) is 0.310. The molecule has 3 rings (SSSR count). The van der Waals surface area contributed by atoms with Crippen LogP contribution in [0.3, 0.4) is 0 Å². The van der Waals surface area contributed by atoms with Crippen molar-refractivity contribution >= 4 is 27.5 Å². The summed E-state index contributed by atoms with van der Waals surface area (Å²) < 4.78 is 34.2. The van der Waals surface area contributed by atoms with Crippen molar-refractivity contribution in [3.8, 4) is 5.75 Å². The van der Waals surface area contributed by atoms with Crippen molar-refractivity contribution in [2.75, 3.05) is 24.5 Å². The Balaban J connectivity index is 2.05. The second-order valence-corrected chi connectivity index (χ2v) is 10.6. The minimum atomic E-state index is -4.10. The molecule has 0 saturated carbocycles. The summed E-state index contributed by atoms with van der Waals surface area (Å²) in [6.07, 6.45) is 0.367. The fourth-order valence-electron chi connectivity index (χ4n) is 4.18. The van der Waals surface area contributed by atoms with E-state index in [0.717, 1.165) is 15.4 Å². The molecule has 3 aromatic carbocycles. The third-order valence-electron chi connectivity index (χ3n) is 6.28. The third kappa shape index (κ3) is 6.72. The number of hydrogen-bond donors (Lipinski definition) is 1. The van der Waals surface area contributed by atoms with Gasteiger partial charge in [-0.3, -0.25) is 13.9 Å². The maximum atomic E-state index is 13.9. The first kappa shape index (κ1) is 28.7. The molecule has 9 heteroatoms. The lowest BCUT2D eigenvalue weighted by Crippen LogP contribution is -2.51. The maximum absolute atomic E-state index is 13.9. The van der Waals surface area contributed by atoms with Gasteiger partial charge in [-0.05, 0) is 67.8 Å². The van der Waals surface area contributed by atoms with E-state index in [-0.39, 0.29) is 17.3 Å². The molecule has 0 bridgehead atoms. The van der Waals surface area contributed by atoms with E-state index in [4.69, 9.17) is 4.74 Å². The average molecular weight is 538 g/mol. The van der Waals surface area contributed by atoms with Crippen LogP contribution in [0.2, 0.25) is 0 Å². The monoisotopic (exact) mass is 537 g/mol. The van der Waals surface area contributed by atoms with Crippen LogP contribution in [0.4, 0.5) is 5.69 Å². The first-order chi connectivity index (χ1) is 18.2. The Morgan fingerprint density at radius 2 is 1.55 bits per heavy atom. The SMILES string of the molecule is CCOc1ccc(N(CC(=O)N(Cc2ccccc2C)C(CC)C(=O)NC)S(=O)(=O)c2ccccc2)cc1. The molecule has 0 aliphatic carbocycles. The average Bonchev–Trinajstić information content (AvgIpc) is 2.93. The van der Waals surface area contributed by atoms with Gasteiger partial charge in [0, 0.05) is 13.6 Å². The van der Waals surface area contributed by atoms with Gasteiger partial charge in [-0.1, -0.05) is 49.4 Å². The minimum absolute atomic E-state index is 0.0606. The molecular weight excluding hydrogens is 502 g/mol. The molecule has 1 atom stereocenters. The molecule has 0 aromatic heterocycles. The number of likely N-dealkylation sites (N-methyl/N-ethyl adjacent to an activating group) is 1. The molecule has 0 aliphatic rings. The van der Waals surface area contributed by atoms with Gasteiger partial charge in [-0.2, -0.15) is 0 Å². The molecule has 1 unspecified atom stereocenters. The largest absolute Gasteiger partial charge is 0.494 e. The van der Waals surface area contributed by atoms with E-state index in [1.165, 1.54) is 24.1 Å². The van der Waals surface area contributed by atoms with Crippen molar-refractivity contribution in [3.63, 3.8) is 0 Å². The second-order valence-electron chi connectivity index (χ2n) is 8.74. The number of ether oxygens (including phenoxy) is 1. The Bertz CT molecular complexity index is 1330. The zero-order valence-electron chi connectivity index (χ0n) is 22.3. The van der Waals surface area contributed by atoms with Crippen LogP contribution < -0.4 is 14.4 Å². The normalized spacial score (nSPS) is 11.9. The number of aryl methyl sites for hydroxylation is 1. The standard InChI is InChI=1S/C29H35N3O5S/c1-5-27(29(34)30-4)31(20-23-13-11-10-12-22(23)3)28(33)21-32(24-16-18-25(19-17-24)37-6-2)38(35,36)26-14-8-7-9-15-26/h7-19,27H,5-6,20-21H2,1-4H3,(H,30,34). The zero-order valence-corrected chi connectivity index (χ0v) is 23.1. The maximum Gasteiger partial charge on any atom is 0.264 e. The first-order valence-corrected chi connectivity index (χ1v) is 14.0. The smallest absolute Gasteiger partial charge is 0.264 e. The van der Waals surface area contributed by atoms with Gasteiger partial charge in [0.05, 0.1) is 17.2 Å². The Morgan fingerprint density at radius 3 is 2.13 bits per heavy atom. The summed E-state index contributed by atoms with van der Waals surface area (Å²) in [5, 5.41) is 2.63. The van der Waals surface area contributed by atoms with Gasteiger partial charge in [0.2, 0.25) is 11.8 Å². The van der Waals surface area contributed by atoms with Crippen molar-refractivity contribution in [3.05, 3.63) is 90.0 Å². The van der Waals surface area contributed by atoms with Crippen LogP contribution in [0.5, 0.6) is 5.75 Å². The highest BCUT2D eigenvalue weighted by molar-refractivity contribution is 7.92. The summed E-state index contributed by atoms with van der Waals surface area (Å²) in [7, 11) is -2.58. The fourth-order valence-corrected chi connectivity index (χ4v) is 5.62. The van der Waals surface area contributed by atoms with Gasteiger partial charge in [-0.15, -0.1) is 0 Å². The van der Waals surface area contributed by atoms with E-state index in [1.54, 1.807) is 42.5 Å². The number of benzene rings is 3. The minimum Gasteiger partial charge on any atom is -0.494 e. The lowest BCUT2D eigenvalue weighted by Gasteiger charge is -2.33. The summed E-state index contributed by atoms with van der Waals surface area (Å²) >= 11 is 0. The van der Waals surface area contributed by atoms with Crippen LogP contribution in [0.15, 0.2) is 83.8 Å². The van der Waals surface area contributed by atoms with E-state index in [1.807, 2.05) is 45.0 Å². The van der Waals surface area contributed by atoms with Crippen LogP contribution in [-0.2, 0) is 26.2 Å². The topological polar surface area (TPSA) is 96.0 Å². The van der Waals surface area contributed by atoms with Gasteiger partial charge in [0.25, 0.3) is 10.0 Å². The predicted octanol–water partition coefficient (Wildman–Crippen LogP) is 4.14. The van der Waals surface area contributed by atoms with Crippen molar-refractivity contribution in [1.82, 2.24) is 10.2 Å². The molecular formula is C29H35N3O5S. The van der Waals surface area contributed by atoms with E-state index < -0.39 is 28.5 Å². The van der Waals surface area contributed by atoms with Crippen LogP contribution >= 0.6 is 0 Å². The Kier molecular flexibility index (Phi) is 9.90. The summed E-state index contributed by atoms with van der Waals surface area (Å²) in [5.74, 6) is -0.212. The highest BCUT2D eigenvalue weighted by Crippen LogP contribution is 2.27. The number of rotatable bonds is 12. The second kappa shape index (κ2) is 13.1. The van der Waals surface area contributed by atoms with Crippen LogP contribution in [-0.4, -0.2) is 51.4 Å². The van der Waals surface area contributed by atoms with E-state index >= 15 is 0 Å². The third-order valence-corrected chi connectivity index (χ3v) is 8.07. The molecule has 0 spiro atoms. The Morgan fingerprint density at radius 1 is 0.921 bits per heavy atom. The number of amides is 2. The number of nitrogens with one attached hydrogen (secondary N) is 1. The van der Waals surface area contributed by atoms with Gasteiger partial charge in [0.1, 0.15) is 18.3 Å². The number of anilines is 1. The van der Waals surface area contributed by atoms with Crippen molar-refractivity contribution in [2.45, 2.75) is 44.7 Å². The van der Waals surface area contributed by atoms with Gasteiger partial charge in [-0.25, -0.2) is 8.42 Å². The predicted molar refractivity (Wildman–Crippen MR) is 148 cm³/mol. The number of nitrogens with zero attached hydrogens (tertiary/aromatic N) is 2. The lowest BCUT2D eigenvalue weighted by atomic mass is 10.1. The van der Waals surface area contributed by atoms with Crippen LogP contribution in [0, 0.1) is 6.92 Å². The summed E-state index contributed by atoms with van der Waals surface area (Å²) in [6, 6.07) is 21.4. The number of hydrogen-bond acceptors (Lipinski definition) is 5. The summed E-state index contributed by atoms with van der Waals surface area (Å²) in [5.41, 5.74) is 2.16. The molecule has 202 valence electrons. The molecule has 1 N–H and O–H groups in total. The molecule has 3 aromatic rings. The lowest BCUT2D eigenvalue weighted by molar-refractivity contribution is -0.140. The van der Waals surface area contributed by atoms with Crippen molar-refractivity contribution < 1.29 is 22.7 Å². The van der Waals surface area contributed by atoms with E-state index in [9.17, 15) is 18.0 Å². The number of sulfonamides is 1. The van der Waals surface area contributed by atoms with Gasteiger partial charge < -0.3 is 15.0 Å². The number of carbonyl (C=O) groups is 2. The van der Waals surface area contributed by atoms with Crippen LogP contribution in [0.1, 0.15) is 31.4 Å². The van der Waals surface area contributed by atoms with Gasteiger partial charge in [0.15, 0.2) is 0 Å². The highest BCUT2D eigenvalue weighted by atomic mass is 32.2. The zero-order chi connectivity index (χ0) is 27.7. The molecule has 0 aliphatic heterocycles. The molecule has 2 amide bonds. The first-order valence-electron chi connectivity index (χ1n) is 12.6. The molecule has 0 saturated heterocycles. The van der Waals surface area contributed by atoms with E-state index in [0.29, 0.717) is 24.5 Å².